The largest absolute Gasteiger partial charge is 0.496 e. The second kappa shape index (κ2) is 9.74. The summed E-state index contributed by atoms with van der Waals surface area (Å²) < 4.78 is 23.3. The van der Waals surface area contributed by atoms with Crippen LogP contribution in [-0.2, 0) is 11.3 Å². The predicted molar refractivity (Wildman–Crippen MR) is 93.2 cm³/mol. The molecule has 0 saturated heterocycles. The molecule has 7 heteroatoms. The van der Waals surface area contributed by atoms with Gasteiger partial charge in [-0.25, -0.2) is 9.18 Å². The summed E-state index contributed by atoms with van der Waals surface area (Å²) >= 11 is 0. The van der Waals surface area contributed by atoms with Gasteiger partial charge in [0.2, 0.25) is 0 Å². The highest BCUT2D eigenvalue weighted by molar-refractivity contribution is 5.67. The first-order valence-electron chi connectivity index (χ1n) is 8.15. The van der Waals surface area contributed by atoms with Crippen molar-refractivity contribution < 1.29 is 28.9 Å². The van der Waals surface area contributed by atoms with Gasteiger partial charge >= 0.3 is 6.09 Å². The van der Waals surface area contributed by atoms with Crippen molar-refractivity contribution in [2.75, 3.05) is 13.7 Å². The fraction of sp³-hybridized carbons (Fsp3) is 0.316. The Labute approximate surface area is 151 Å². The second-order valence-electron chi connectivity index (χ2n) is 5.68. The quantitative estimate of drug-likeness (QED) is 0.671. The molecule has 2 aromatic rings. The van der Waals surface area contributed by atoms with E-state index in [9.17, 15) is 19.4 Å². The highest BCUT2D eigenvalue weighted by Crippen LogP contribution is 2.28. The number of aliphatic hydroxyl groups excluding tert-OH is 2. The first-order valence-corrected chi connectivity index (χ1v) is 8.15. The molecule has 2 rings (SSSR count). The Balaban J connectivity index is 1.77. The van der Waals surface area contributed by atoms with Gasteiger partial charge in [-0.15, -0.1) is 0 Å². The first kappa shape index (κ1) is 19.7. The summed E-state index contributed by atoms with van der Waals surface area (Å²) in [6, 6.07) is 12.9. The zero-order valence-corrected chi connectivity index (χ0v) is 14.4. The Morgan fingerprint density at radius 1 is 1.19 bits per heavy atom. The molecule has 0 heterocycles. The van der Waals surface area contributed by atoms with Crippen LogP contribution < -0.4 is 10.1 Å². The summed E-state index contributed by atoms with van der Waals surface area (Å²) in [4.78, 5) is 11.6. The summed E-state index contributed by atoms with van der Waals surface area (Å²) in [7, 11) is 1.35. The van der Waals surface area contributed by atoms with E-state index in [0.717, 1.165) is 11.6 Å². The van der Waals surface area contributed by atoms with Crippen LogP contribution >= 0.6 is 0 Å². The van der Waals surface area contributed by atoms with E-state index in [1.54, 1.807) is 0 Å². The van der Waals surface area contributed by atoms with Crippen molar-refractivity contribution in [2.24, 2.45) is 0 Å². The highest BCUT2D eigenvalue weighted by atomic mass is 19.1. The SMILES string of the molecule is COc1cc(F)ccc1C(O)C(O)CCNC(=O)OCc1ccccc1. The number of rotatable bonds is 8. The van der Waals surface area contributed by atoms with Gasteiger partial charge in [-0.3, -0.25) is 0 Å². The van der Waals surface area contributed by atoms with Gasteiger partial charge in [0.15, 0.2) is 0 Å². The third-order valence-corrected chi connectivity index (χ3v) is 3.80. The predicted octanol–water partition coefficient (Wildman–Crippen LogP) is 2.55. The molecule has 3 N–H and O–H groups in total. The molecule has 0 fully saturated rings. The topological polar surface area (TPSA) is 88.0 Å². The van der Waals surface area contributed by atoms with Crippen LogP contribution in [0.2, 0.25) is 0 Å². The molecule has 2 atom stereocenters. The molecule has 0 aliphatic rings. The van der Waals surface area contributed by atoms with Crippen LogP contribution in [0.3, 0.4) is 0 Å². The molecule has 6 nitrogen and oxygen atoms in total. The number of amides is 1. The average Bonchev–Trinajstić information content (AvgIpc) is 2.66. The zero-order valence-electron chi connectivity index (χ0n) is 14.4. The lowest BCUT2D eigenvalue weighted by Crippen LogP contribution is -2.29. The average molecular weight is 363 g/mol. The minimum atomic E-state index is -1.27. The molecule has 1 amide bonds. The van der Waals surface area contributed by atoms with Gasteiger partial charge in [0.25, 0.3) is 0 Å². The van der Waals surface area contributed by atoms with Crippen LogP contribution in [0.1, 0.15) is 23.7 Å². The number of hydrogen-bond donors (Lipinski definition) is 3. The van der Waals surface area contributed by atoms with Crippen molar-refractivity contribution in [3.05, 3.63) is 65.5 Å². The van der Waals surface area contributed by atoms with Crippen molar-refractivity contribution in [3.63, 3.8) is 0 Å². The standard InChI is InChI=1S/C19H22FNO5/c1-25-17-11-14(20)7-8-15(17)18(23)16(22)9-10-21-19(24)26-12-13-5-3-2-4-6-13/h2-8,11,16,18,22-23H,9-10,12H2,1H3,(H,21,24). The van der Waals surface area contributed by atoms with Crippen LogP contribution in [-0.4, -0.2) is 36.1 Å². The van der Waals surface area contributed by atoms with E-state index in [1.165, 1.54) is 19.2 Å². The van der Waals surface area contributed by atoms with Crippen LogP contribution in [0.4, 0.5) is 9.18 Å². The fourth-order valence-corrected chi connectivity index (χ4v) is 2.39. The minimum absolute atomic E-state index is 0.0855. The van der Waals surface area contributed by atoms with Crippen molar-refractivity contribution in [2.45, 2.75) is 25.2 Å². The Hall–Kier alpha value is -2.64. The summed E-state index contributed by atoms with van der Waals surface area (Å²) in [5, 5.41) is 22.8. The Kier molecular flexibility index (Phi) is 7.37. The Morgan fingerprint density at radius 2 is 1.92 bits per heavy atom. The maximum atomic E-state index is 13.2. The summed E-state index contributed by atoms with van der Waals surface area (Å²) in [5.41, 5.74) is 1.13. The van der Waals surface area contributed by atoms with Crippen molar-refractivity contribution >= 4 is 6.09 Å². The lowest BCUT2D eigenvalue weighted by molar-refractivity contribution is 0.0123. The van der Waals surface area contributed by atoms with Crippen LogP contribution in [0.25, 0.3) is 0 Å². The molecule has 0 bridgehead atoms. The zero-order chi connectivity index (χ0) is 18.9. The summed E-state index contributed by atoms with van der Waals surface area (Å²) in [6.45, 7) is 0.250. The maximum absolute atomic E-state index is 13.2. The Bertz CT molecular complexity index is 710. The van der Waals surface area contributed by atoms with Gasteiger partial charge in [0.1, 0.15) is 24.3 Å². The highest BCUT2D eigenvalue weighted by Gasteiger charge is 2.22. The van der Waals surface area contributed by atoms with E-state index in [-0.39, 0.29) is 30.9 Å². The lowest BCUT2D eigenvalue weighted by atomic mass is 10.0. The van der Waals surface area contributed by atoms with E-state index in [2.05, 4.69) is 5.32 Å². The number of methoxy groups -OCH3 is 1. The fourth-order valence-electron chi connectivity index (χ4n) is 2.39. The number of halogens is 1. The molecule has 0 aromatic heterocycles. The van der Waals surface area contributed by atoms with E-state index in [0.29, 0.717) is 0 Å². The van der Waals surface area contributed by atoms with E-state index in [1.807, 2.05) is 30.3 Å². The monoisotopic (exact) mass is 363 g/mol. The molecule has 0 aliphatic heterocycles. The third-order valence-electron chi connectivity index (χ3n) is 3.80. The van der Waals surface area contributed by atoms with Crippen molar-refractivity contribution in [3.8, 4) is 5.75 Å². The number of alkyl carbamates (subject to hydrolysis) is 1. The van der Waals surface area contributed by atoms with Gasteiger partial charge < -0.3 is 25.0 Å². The smallest absolute Gasteiger partial charge is 0.407 e. The third kappa shape index (κ3) is 5.72. The van der Waals surface area contributed by atoms with Gasteiger partial charge in [0.05, 0.1) is 13.2 Å². The van der Waals surface area contributed by atoms with Gasteiger partial charge in [0, 0.05) is 18.2 Å². The normalized spacial score (nSPS) is 12.9. The van der Waals surface area contributed by atoms with Crippen molar-refractivity contribution in [1.82, 2.24) is 5.32 Å². The van der Waals surface area contributed by atoms with Crippen LogP contribution in [0.15, 0.2) is 48.5 Å². The van der Waals surface area contributed by atoms with Gasteiger partial charge in [-0.2, -0.15) is 0 Å². The number of ether oxygens (including phenoxy) is 2. The molecular weight excluding hydrogens is 341 g/mol. The van der Waals surface area contributed by atoms with Crippen LogP contribution in [0.5, 0.6) is 5.75 Å². The summed E-state index contributed by atoms with van der Waals surface area (Å²) in [5.74, 6) is -0.359. The molecule has 26 heavy (non-hydrogen) atoms. The number of carbonyl (C=O) groups excluding carboxylic acids is 1. The van der Waals surface area contributed by atoms with Gasteiger partial charge in [-0.05, 0) is 24.1 Å². The lowest BCUT2D eigenvalue weighted by Gasteiger charge is -2.20. The molecule has 2 aromatic carbocycles. The van der Waals surface area contributed by atoms with Crippen molar-refractivity contribution in [1.29, 1.82) is 0 Å². The maximum Gasteiger partial charge on any atom is 0.407 e. The molecule has 140 valence electrons. The second-order valence-corrected chi connectivity index (χ2v) is 5.68. The number of nitrogens with one attached hydrogen (secondary N) is 1. The van der Waals surface area contributed by atoms with E-state index >= 15 is 0 Å². The summed E-state index contributed by atoms with van der Waals surface area (Å²) in [6.07, 6.45) is -2.96. The number of aliphatic hydroxyl groups is 2. The van der Waals surface area contributed by atoms with Gasteiger partial charge in [-0.1, -0.05) is 30.3 Å². The molecule has 0 aliphatic carbocycles. The first-order chi connectivity index (χ1) is 12.5. The van der Waals surface area contributed by atoms with E-state index < -0.39 is 24.1 Å². The molecule has 0 radical (unpaired) electrons. The molecule has 2 unspecified atom stereocenters. The molecular formula is C19H22FNO5. The Morgan fingerprint density at radius 3 is 2.62 bits per heavy atom. The molecule has 0 spiro atoms. The molecule has 0 saturated carbocycles. The number of benzene rings is 2. The minimum Gasteiger partial charge on any atom is -0.496 e. The number of hydrogen-bond acceptors (Lipinski definition) is 5. The van der Waals surface area contributed by atoms with E-state index in [4.69, 9.17) is 9.47 Å². The van der Waals surface area contributed by atoms with Crippen LogP contribution in [0, 0.1) is 5.82 Å². The number of carbonyl (C=O) groups is 1.